The van der Waals surface area contributed by atoms with Gasteiger partial charge in [-0.15, -0.1) is 0 Å². The number of ether oxygens (including phenoxy) is 3. The van der Waals surface area contributed by atoms with E-state index in [0.717, 1.165) is 11.8 Å². The van der Waals surface area contributed by atoms with Crippen LogP contribution >= 0.6 is 0 Å². The van der Waals surface area contributed by atoms with E-state index in [-0.39, 0.29) is 30.1 Å². The summed E-state index contributed by atoms with van der Waals surface area (Å²) in [5, 5.41) is 3.39. The number of benzene rings is 1. The fourth-order valence-corrected chi connectivity index (χ4v) is 3.51. The van der Waals surface area contributed by atoms with Gasteiger partial charge in [0.05, 0.1) is 30.3 Å². The Morgan fingerprint density at radius 3 is 2.69 bits per heavy atom. The molecule has 0 saturated carbocycles. The van der Waals surface area contributed by atoms with Gasteiger partial charge >= 0.3 is 11.9 Å². The molecule has 1 aliphatic heterocycles. The minimum atomic E-state index is -0.601. The standard InChI is InChI=1S/C24H29FN2O5/c1-24(2,3)32-23(29)16-10-11-26-20(13-16)19-6-5-7-21(27-19)31-14-17-9-8-15(12-18(17)25)22(28)30-4/h5-9,12,16,20,26H,10-11,13-14H2,1-4H3. The van der Waals surface area contributed by atoms with E-state index in [0.29, 0.717) is 30.8 Å². The second-order valence-electron chi connectivity index (χ2n) is 8.75. The van der Waals surface area contributed by atoms with Gasteiger partial charge < -0.3 is 19.5 Å². The van der Waals surface area contributed by atoms with Crippen LogP contribution in [0.25, 0.3) is 0 Å². The number of pyridine rings is 1. The average molecular weight is 445 g/mol. The summed E-state index contributed by atoms with van der Waals surface area (Å²) in [6, 6.07) is 9.36. The number of esters is 2. The zero-order valence-corrected chi connectivity index (χ0v) is 18.8. The number of hydrogen-bond acceptors (Lipinski definition) is 7. The van der Waals surface area contributed by atoms with Gasteiger partial charge in [-0.1, -0.05) is 12.1 Å². The normalized spacial score (nSPS) is 18.7. The van der Waals surface area contributed by atoms with Crippen LogP contribution in [0.15, 0.2) is 36.4 Å². The summed E-state index contributed by atoms with van der Waals surface area (Å²) in [5.74, 6) is -1.20. The summed E-state index contributed by atoms with van der Waals surface area (Å²) in [6.45, 7) is 6.22. The third-order valence-corrected chi connectivity index (χ3v) is 5.10. The average Bonchev–Trinajstić information content (AvgIpc) is 2.77. The van der Waals surface area contributed by atoms with E-state index in [1.807, 2.05) is 32.9 Å². The molecule has 2 unspecified atom stereocenters. The summed E-state index contributed by atoms with van der Waals surface area (Å²) in [4.78, 5) is 28.5. The van der Waals surface area contributed by atoms with Crippen LogP contribution in [0.5, 0.6) is 5.88 Å². The second kappa shape index (κ2) is 10.1. The predicted molar refractivity (Wildman–Crippen MR) is 116 cm³/mol. The van der Waals surface area contributed by atoms with Crippen molar-refractivity contribution >= 4 is 11.9 Å². The van der Waals surface area contributed by atoms with Crippen LogP contribution in [0.4, 0.5) is 4.39 Å². The van der Waals surface area contributed by atoms with Gasteiger partial charge in [-0.25, -0.2) is 14.2 Å². The molecule has 0 spiro atoms. The maximum Gasteiger partial charge on any atom is 0.337 e. The Balaban J connectivity index is 1.64. The number of piperidine rings is 1. The fourth-order valence-electron chi connectivity index (χ4n) is 3.51. The van der Waals surface area contributed by atoms with Crippen LogP contribution in [-0.2, 0) is 20.9 Å². The molecule has 1 aliphatic rings. The van der Waals surface area contributed by atoms with E-state index in [2.05, 4.69) is 15.0 Å². The summed E-state index contributed by atoms with van der Waals surface area (Å²) in [5.41, 5.74) is 0.660. The first-order valence-electron chi connectivity index (χ1n) is 10.6. The van der Waals surface area contributed by atoms with E-state index >= 15 is 0 Å². The monoisotopic (exact) mass is 444 g/mol. The van der Waals surface area contributed by atoms with Gasteiger partial charge in [-0.3, -0.25) is 4.79 Å². The smallest absolute Gasteiger partial charge is 0.337 e. The minimum absolute atomic E-state index is 0.0393. The molecule has 3 rings (SSSR count). The highest BCUT2D eigenvalue weighted by Crippen LogP contribution is 2.29. The molecule has 0 amide bonds. The Morgan fingerprint density at radius 2 is 2.00 bits per heavy atom. The van der Waals surface area contributed by atoms with Crippen molar-refractivity contribution in [1.82, 2.24) is 10.3 Å². The van der Waals surface area contributed by atoms with E-state index < -0.39 is 17.4 Å². The molecule has 2 heterocycles. The maximum atomic E-state index is 14.3. The molecule has 1 fully saturated rings. The van der Waals surface area contributed by atoms with Crippen LogP contribution in [0.1, 0.15) is 61.3 Å². The number of nitrogens with zero attached hydrogens (tertiary/aromatic N) is 1. The Bertz CT molecular complexity index is 973. The van der Waals surface area contributed by atoms with Gasteiger partial charge in [-0.2, -0.15) is 0 Å². The number of halogens is 1. The van der Waals surface area contributed by atoms with Gasteiger partial charge in [0, 0.05) is 11.6 Å². The molecule has 0 aliphatic carbocycles. The Kier molecular flexibility index (Phi) is 7.45. The number of aromatic nitrogens is 1. The van der Waals surface area contributed by atoms with Crippen LogP contribution in [0.2, 0.25) is 0 Å². The van der Waals surface area contributed by atoms with Gasteiger partial charge in [0.15, 0.2) is 0 Å². The molecule has 0 radical (unpaired) electrons. The van der Waals surface area contributed by atoms with Crippen molar-refractivity contribution in [3.63, 3.8) is 0 Å². The molecule has 7 nitrogen and oxygen atoms in total. The number of rotatable bonds is 6. The summed E-state index contributed by atoms with van der Waals surface area (Å²) >= 11 is 0. The first kappa shape index (κ1) is 23.7. The molecule has 0 bridgehead atoms. The molecule has 32 heavy (non-hydrogen) atoms. The van der Waals surface area contributed by atoms with Crippen molar-refractivity contribution < 1.29 is 28.2 Å². The van der Waals surface area contributed by atoms with Crippen molar-refractivity contribution in [1.29, 1.82) is 0 Å². The van der Waals surface area contributed by atoms with Gasteiger partial charge in [0.2, 0.25) is 5.88 Å². The van der Waals surface area contributed by atoms with Crippen molar-refractivity contribution in [2.24, 2.45) is 5.92 Å². The van der Waals surface area contributed by atoms with Crippen molar-refractivity contribution in [2.75, 3.05) is 13.7 Å². The molecule has 8 heteroatoms. The van der Waals surface area contributed by atoms with E-state index in [1.54, 1.807) is 6.07 Å². The lowest BCUT2D eigenvalue weighted by atomic mass is 9.90. The molecule has 2 atom stereocenters. The lowest BCUT2D eigenvalue weighted by molar-refractivity contribution is -0.161. The zero-order chi connectivity index (χ0) is 23.3. The number of methoxy groups -OCH3 is 1. The third-order valence-electron chi connectivity index (χ3n) is 5.10. The van der Waals surface area contributed by atoms with Crippen LogP contribution < -0.4 is 10.1 Å². The lowest BCUT2D eigenvalue weighted by Gasteiger charge is -2.31. The first-order chi connectivity index (χ1) is 15.2. The number of carbonyl (C=O) groups excluding carboxylic acids is 2. The second-order valence-corrected chi connectivity index (χ2v) is 8.75. The first-order valence-corrected chi connectivity index (χ1v) is 10.6. The highest BCUT2D eigenvalue weighted by molar-refractivity contribution is 5.89. The topological polar surface area (TPSA) is 86.8 Å². The minimum Gasteiger partial charge on any atom is -0.473 e. The largest absolute Gasteiger partial charge is 0.473 e. The zero-order valence-electron chi connectivity index (χ0n) is 18.8. The van der Waals surface area contributed by atoms with Crippen molar-refractivity contribution in [2.45, 2.75) is 51.9 Å². The SMILES string of the molecule is COC(=O)c1ccc(COc2cccc(C3CC(C(=O)OC(C)(C)C)CCN3)n2)c(F)c1. The van der Waals surface area contributed by atoms with E-state index in [4.69, 9.17) is 9.47 Å². The summed E-state index contributed by atoms with van der Waals surface area (Å²) < 4.78 is 30.1. The molecule has 172 valence electrons. The summed E-state index contributed by atoms with van der Waals surface area (Å²) in [6.07, 6.45) is 1.29. The van der Waals surface area contributed by atoms with Crippen LogP contribution in [0, 0.1) is 11.7 Å². The van der Waals surface area contributed by atoms with Gasteiger partial charge in [0.1, 0.15) is 18.0 Å². The van der Waals surface area contributed by atoms with Gasteiger partial charge in [-0.05, 0) is 58.4 Å². The van der Waals surface area contributed by atoms with Crippen molar-refractivity contribution in [3.8, 4) is 5.88 Å². The van der Waals surface area contributed by atoms with E-state index in [9.17, 15) is 14.0 Å². The number of carbonyl (C=O) groups is 2. The molecular formula is C24H29FN2O5. The molecule has 1 aromatic heterocycles. The summed E-state index contributed by atoms with van der Waals surface area (Å²) in [7, 11) is 1.24. The molecular weight excluding hydrogens is 415 g/mol. The highest BCUT2D eigenvalue weighted by atomic mass is 19.1. The lowest BCUT2D eigenvalue weighted by Crippen LogP contribution is -2.38. The Labute approximate surface area is 187 Å². The quantitative estimate of drug-likeness (QED) is 0.675. The fraction of sp³-hybridized carbons (Fsp3) is 0.458. The predicted octanol–water partition coefficient (Wildman–Crippen LogP) is 3.97. The Hall–Kier alpha value is -3.00. The molecule has 1 aromatic carbocycles. The molecule has 2 aromatic rings. The van der Waals surface area contributed by atoms with E-state index in [1.165, 1.54) is 19.2 Å². The van der Waals surface area contributed by atoms with Gasteiger partial charge in [0.25, 0.3) is 0 Å². The Morgan fingerprint density at radius 1 is 1.22 bits per heavy atom. The van der Waals surface area contributed by atoms with Crippen LogP contribution in [-0.4, -0.2) is 36.2 Å². The number of hydrogen-bond donors (Lipinski definition) is 1. The molecule has 1 N–H and O–H groups in total. The van der Waals surface area contributed by atoms with Crippen molar-refractivity contribution in [3.05, 3.63) is 59.0 Å². The highest BCUT2D eigenvalue weighted by Gasteiger charge is 2.31. The maximum absolute atomic E-state index is 14.3. The van der Waals surface area contributed by atoms with Crippen LogP contribution in [0.3, 0.4) is 0 Å². The number of nitrogens with one attached hydrogen (secondary N) is 1. The third kappa shape index (κ3) is 6.26. The molecule has 1 saturated heterocycles.